The Balaban J connectivity index is 2.13. The van der Waals surface area contributed by atoms with Crippen molar-refractivity contribution in [2.24, 2.45) is 0 Å². The van der Waals surface area contributed by atoms with Gasteiger partial charge >= 0.3 is 5.92 Å². The van der Waals surface area contributed by atoms with E-state index < -0.39 is 31.0 Å². The van der Waals surface area contributed by atoms with Gasteiger partial charge in [0.25, 0.3) is 0 Å². The second-order valence-electron chi connectivity index (χ2n) is 4.53. The van der Waals surface area contributed by atoms with E-state index in [4.69, 9.17) is 15.6 Å². The Labute approximate surface area is 130 Å². The number of hydrogen-bond acceptors (Lipinski definition) is 7. The number of hydrogen-bond donors (Lipinski definition) is 3. The summed E-state index contributed by atoms with van der Waals surface area (Å²) in [6, 6.07) is 0. The number of halogens is 3. The van der Waals surface area contributed by atoms with Crippen LogP contribution in [-0.2, 0) is 4.74 Å². The number of aliphatic hydroxyl groups excluding tert-OH is 2. The van der Waals surface area contributed by atoms with E-state index in [-0.39, 0.29) is 11.6 Å². The summed E-state index contributed by atoms with van der Waals surface area (Å²) in [5.74, 6) is -3.69. The van der Waals surface area contributed by atoms with Crippen LogP contribution in [-0.4, -0.2) is 54.5 Å². The first kappa shape index (κ1) is 14.7. The second-order valence-corrected chi connectivity index (χ2v) is 5.55. The average molecular weight is 413 g/mol. The molecule has 0 amide bonds. The molecular formula is C10H10F2IN5O3. The average Bonchev–Trinajstić information content (AvgIpc) is 2.91. The van der Waals surface area contributed by atoms with Gasteiger partial charge in [-0.25, -0.2) is 9.97 Å². The molecule has 0 bridgehead atoms. The van der Waals surface area contributed by atoms with Crippen LogP contribution in [0.1, 0.15) is 6.23 Å². The predicted octanol–water partition coefficient (Wildman–Crippen LogP) is -0.101. The van der Waals surface area contributed by atoms with E-state index in [1.165, 1.54) is 0 Å². The molecule has 3 atom stereocenters. The zero-order valence-corrected chi connectivity index (χ0v) is 12.5. The van der Waals surface area contributed by atoms with Crippen LogP contribution in [0.25, 0.3) is 11.2 Å². The summed E-state index contributed by atoms with van der Waals surface area (Å²) in [6.45, 7) is -0.728. The van der Waals surface area contributed by atoms with Crippen molar-refractivity contribution in [2.75, 3.05) is 12.3 Å². The number of nitrogens with two attached hydrogens (primary N) is 1. The molecule has 0 aromatic carbocycles. The molecule has 4 N–H and O–H groups in total. The molecule has 1 aliphatic rings. The molecule has 3 rings (SSSR count). The fourth-order valence-corrected chi connectivity index (χ4v) is 2.82. The van der Waals surface area contributed by atoms with Crippen LogP contribution >= 0.6 is 22.6 Å². The van der Waals surface area contributed by atoms with Gasteiger partial charge in [0.15, 0.2) is 11.8 Å². The number of rotatable bonds is 2. The molecule has 2 aromatic rings. The zero-order valence-electron chi connectivity index (χ0n) is 10.3. The molecule has 0 spiro atoms. The van der Waals surface area contributed by atoms with E-state index in [0.717, 1.165) is 10.9 Å². The molecule has 0 radical (unpaired) electrons. The van der Waals surface area contributed by atoms with Gasteiger partial charge in [-0.2, -0.15) is 13.8 Å². The highest BCUT2D eigenvalue weighted by atomic mass is 127. The third-order valence-electron chi connectivity index (χ3n) is 3.21. The van der Waals surface area contributed by atoms with Crippen LogP contribution in [0.3, 0.4) is 0 Å². The van der Waals surface area contributed by atoms with Crippen molar-refractivity contribution in [3.8, 4) is 0 Å². The van der Waals surface area contributed by atoms with E-state index in [0.29, 0.717) is 9.22 Å². The Morgan fingerprint density at radius 2 is 2.19 bits per heavy atom. The Kier molecular flexibility index (Phi) is 3.46. The Bertz CT molecular complexity index is 697. The number of aliphatic hydroxyl groups is 2. The van der Waals surface area contributed by atoms with Gasteiger partial charge in [0.2, 0.25) is 12.2 Å². The fourth-order valence-electron chi connectivity index (χ4n) is 2.19. The van der Waals surface area contributed by atoms with Gasteiger partial charge < -0.3 is 20.7 Å². The highest BCUT2D eigenvalue weighted by Crippen LogP contribution is 2.43. The van der Waals surface area contributed by atoms with Gasteiger partial charge in [0, 0.05) is 0 Å². The smallest absolute Gasteiger partial charge is 0.320 e. The summed E-state index contributed by atoms with van der Waals surface area (Å²) in [5.41, 5.74) is 5.88. The number of fused-ring (bicyclic) bond motifs is 1. The highest BCUT2D eigenvalue weighted by Gasteiger charge is 2.59. The van der Waals surface area contributed by atoms with E-state index in [9.17, 15) is 13.9 Å². The maximum Gasteiger partial charge on any atom is 0.320 e. The maximum absolute atomic E-state index is 14.1. The summed E-state index contributed by atoms with van der Waals surface area (Å²) in [4.78, 5) is 11.7. The van der Waals surface area contributed by atoms with E-state index >= 15 is 0 Å². The predicted molar refractivity (Wildman–Crippen MR) is 74.4 cm³/mol. The van der Waals surface area contributed by atoms with Crippen molar-refractivity contribution in [3.05, 3.63) is 10.0 Å². The molecule has 11 heteroatoms. The Morgan fingerprint density at radius 3 is 2.81 bits per heavy atom. The standard InChI is InChI=1S/C10H10F2IN5O3/c11-10(12)5(20)3(1-19)21-8(10)18-2-15-4-6(13)16-9(14)17-7(4)18/h2-3,5,8,19-20H,1H2,(H2,14,16,17)/t3-,5-,8-/m1/s1. The molecule has 0 unspecified atom stereocenters. The van der Waals surface area contributed by atoms with Crippen LogP contribution in [0.2, 0.25) is 0 Å². The van der Waals surface area contributed by atoms with E-state index in [1.807, 2.05) is 22.6 Å². The first-order valence-corrected chi connectivity index (χ1v) is 6.92. The summed E-state index contributed by atoms with van der Waals surface area (Å²) < 4.78 is 34.7. The number of nitrogen functional groups attached to an aromatic ring is 1. The van der Waals surface area contributed by atoms with Gasteiger partial charge in [0.1, 0.15) is 15.3 Å². The molecule has 0 aliphatic carbocycles. The van der Waals surface area contributed by atoms with Gasteiger partial charge in [-0.3, -0.25) is 4.57 Å². The Hall–Kier alpha value is -1.18. The van der Waals surface area contributed by atoms with Crippen LogP contribution in [0.15, 0.2) is 6.33 Å². The molecule has 3 heterocycles. The minimum absolute atomic E-state index is 0.0716. The van der Waals surface area contributed by atoms with Gasteiger partial charge in [-0.05, 0) is 22.6 Å². The minimum Gasteiger partial charge on any atom is -0.394 e. The van der Waals surface area contributed by atoms with Crippen molar-refractivity contribution in [2.45, 2.75) is 24.4 Å². The molecular weight excluding hydrogens is 403 g/mol. The monoisotopic (exact) mass is 413 g/mol. The van der Waals surface area contributed by atoms with Gasteiger partial charge in [-0.15, -0.1) is 0 Å². The van der Waals surface area contributed by atoms with Gasteiger partial charge in [0.05, 0.1) is 12.9 Å². The third kappa shape index (κ3) is 2.15. The normalized spacial score (nSPS) is 28.3. The molecule has 8 nitrogen and oxygen atoms in total. The van der Waals surface area contributed by atoms with Crippen molar-refractivity contribution in [3.63, 3.8) is 0 Å². The van der Waals surface area contributed by atoms with Gasteiger partial charge in [-0.1, -0.05) is 0 Å². The van der Waals surface area contributed by atoms with Crippen LogP contribution in [0, 0.1) is 3.70 Å². The molecule has 2 aromatic heterocycles. The molecule has 0 saturated carbocycles. The highest BCUT2D eigenvalue weighted by molar-refractivity contribution is 14.1. The SMILES string of the molecule is Nc1nc(I)c2ncn([C@@H]3O[C@H](CO)[C@@H](O)C3(F)F)c2n1. The largest absolute Gasteiger partial charge is 0.394 e. The lowest BCUT2D eigenvalue weighted by atomic mass is 10.1. The second kappa shape index (κ2) is 4.93. The topological polar surface area (TPSA) is 119 Å². The summed E-state index contributed by atoms with van der Waals surface area (Å²) >= 11 is 1.86. The first-order valence-electron chi connectivity index (χ1n) is 5.84. The van der Waals surface area contributed by atoms with Crippen molar-refractivity contribution in [1.82, 2.24) is 19.5 Å². The summed E-state index contributed by atoms with van der Waals surface area (Å²) in [6.07, 6.45) is -4.23. The molecule has 1 fully saturated rings. The lowest BCUT2D eigenvalue weighted by Gasteiger charge is -2.20. The zero-order chi connectivity index (χ0) is 15.4. The van der Waals surface area contributed by atoms with Crippen molar-refractivity contribution < 1.29 is 23.7 Å². The molecule has 1 saturated heterocycles. The van der Waals surface area contributed by atoms with E-state index in [2.05, 4.69) is 15.0 Å². The summed E-state index contributed by atoms with van der Waals surface area (Å²) in [5, 5.41) is 18.5. The van der Waals surface area contributed by atoms with Crippen LogP contribution < -0.4 is 5.73 Å². The fraction of sp³-hybridized carbons (Fsp3) is 0.500. The lowest BCUT2D eigenvalue weighted by Crippen LogP contribution is -2.39. The molecule has 1 aliphatic heterocycles. The number of alkyl halides is 2. The number of anilines is 1. The third-order valence-corrected chi connectivity index (χ3v) is 3.96. The Morgan fingerprint density at radius 1 is 1.48 bits per heavy atom. The first-order chi connectivity index (χ1) is 9.86. The molecule has 114 valence electrons. The summed E-state index contributed by atoms with van der Waals surface area (Å²) in [7, 11) is 0. The quantitative estimate of drug-likeness (QED) is 0.465. The lowest BCUT2D eigenvalue weighted by molar-refractivity contribution is -0.138. The van der Waals surface area contributed by atoms with Crippen molar-refractivity contribution >= 4 is 39.7 Å². The molecule has 21 heavy (non-hydrogen) atoms. The number of nitrogens with zero attached hydrogens (tertiary/aromatic N) is 4. The number of imidazole rings is 1. The number of ether oxygens (including phenoxy) is 1. The van der Waals surface area contributed by atoms with Crippen LogP contribution in [0.4, 0.5) is 14.7 Å². The van der Waals surface area contributed by atoms with E-state index in [1.54, 1.807) is 0 Å². The maximum atomic E-state index is 14.1. The van der Waals surface area contributed by atoms with Crippen LogP contribution in [0.5, 0.6) is 0 Å². The van der Waals surface area contributed by atoms with Crippen molar-refractivity contribution in [1.29, 1.82) is 0 Å². The minimum atomic E-state index is -3.60. The number of aromatic nitrogens is 4.